The third kappa shape index (κ3) is 2.55. The van der Waals surface area contributed by atoms with Gasteiger partial charge in [-0.2, -0.15) is 0 Å². The van der Waals surface area contributed by atoms with Crippen molar-refractivity contribution in [1.82, 2.24) is 0 Å². The van der Waals surface area contributed by atoms with E-state index >= 15 is 0 Å². The van der Waals surface area contributed by atoms with Crippen LogP contribution in [0.5, 0.6) is 5.75 Å². The largest absolute Gasteiger partial charge is 0.466 e. The molecular weight excluding hydrogens is 288 g/mol. The van der Waals surface area contributed by atoms with Gasteiger partial charge < -0.3 is 9.47 Å². The van der Waals surface area contributed by atoms with Crippen LogP contribution in [0.4, 0.5) is 0 Å². The molecule has 1 aromatic rings. The topological polar surface area (TPSA) is 52.6 Å². The minimum atomic E-state index is -0.519. The van der Waals surface area contributed by atoms with Crippen LogP contribution in [0.15, 0.2) is 28.2 Å². The van der Waals surface area contributed by atoms with Crippen molar-refractivity contribution in [2.24, 2.45) is 0 Å². The second-order valence-corrected chi connectivity index (χ2v) is 4.41. The molecule has 1 aliphatic heterocycles. The Labute approximate surface area is 106 Å². The molecule has 0 unspecified atom stereocenters. The van der Waals surface area contributed by atoms with Gasteiger partial charge in [-0.1, -0.05) is 15.9 Å². The van der Waals surface area contributed by atoms with Gasteiger partial charge in [0, 0.05) is 15.6 Å². The van der Waals surface area contributed by atoms with Crippen molar-refractivity contribution >= 4 is 33.9 Å². The van der Waals surface area contributed by atoms with Crippen LogP contribution >= 0.6 is 15.9 Å². The van der Waals surface area contributed by atoms with E-state index in [1.165, 1.54) is 7.11 Å². The highest BCUT2D eigenvalue weighted by atomic mass is 79.9. The maximum Gasteiger partial charge on any atom is 0.334 e. The van der Waals surface area contributed by atoms with Crippen LogP contribution in [-0.2, 0) is 14.3 Å². The summed E-state index contributed by atoms with van der Waals surface area (Å²) in [5.74, 6) is -0.547. The average molecular weight is 297 g/mol. The smallest absolute Gasteiger partial charge is 0.334 e. The number of ether oxygens (including phenoxy) is 2. The zero-order chi connectivity index (χ0) is 12.4. The van der Waals surface area contributed by atoms with Crippen LogP contribution in [0, 0.1) is 0 Å². The van der Waals surface area contributed by atoms with E-state index in [1.54, 1.807) is 24.3 Å². The van der Waals surface area contributed by atoms with Crippen LogP contribution in [0.25, 0.3) is 6.08 Å². The monoisotopic (exact) mass is 296 g/mol. The Kier molecular flexibility index (Phi) is 3.28. The number of rotatable bonds is 1. The minimum absolute atomic E-state index is 0.0844. The number of fused-ring (bicyclic) bond motifs is 1. The van der Waals surface area contributed by atoms with Crippen LogP contribution < -0.4 is 4.74 Å². The van der Waals surface area contributed by atoms with Crippen molar-refractivity contribution in [3.05, 3.63) is 33.8 Å². The minimum Gasteiger partial charge on any atom is -0.466 e. The van der Waals surface area contributed by atoms with E-state index in [1.807, 2.05) is 0 Å². The van der Waals surface area contributed by atoms with Crippen LogP contribution in [0.2, 0.25) is 0 Å². The number of methoxy groups -OCH3 is 1. The van der Waals surface area contributed by atoms with E-state index in [0.29, 0.717) is 11.3 Å². The summed E-state index contributed by atoms with van der Waals surface area (Å²) in [6.07, 6.45) is 1.52. The summed E-state index contributed by atoms with van der Waals surface area (Å²) >= 11 is 3.32. The molecule has 17 heavy (non-hydrogen) atoms. The fraction of sp³-hybridized carbons (Fsp3) is 0.167. The van der Waals surface area contributed by atoms with Crippen molar-refractivity contribution < 1.29 is 19.1 Å². The van der Waals surface area contributed by atoms with Crippen molar-refractivity contribution in [2.45, 2.75) is 6.42 Å². The lowest BCUT2D eigenvalue weighted by molar-refractivity contribution is -0.139. The second kappa shape index (κ2) is 4.71. The van der Waals surface area contributed by atoms with Gasteiger partial charge in [-0.15, -0.1) is 0 Å². The van der Waals surface area contributed by atoms with E-state index in [-0.39, 0.29) is 12.0 Å². The highest BCUT2D eigenvalue weighted by molar-refractivity contribution is 9.10. The zero-order valence-electron chi connectivity index (χ0n) is 9.03. The van der Waals surface area contributed by atoms with E-state index in [4.69, 9.17) is 4.74 Å². The molecule has 0 radical (unpaired) electrons. The van der Waals surface area contributed by atoms with Gasteiger partial charge in [0.1, 0.15) is 5.75 Å². The van der Waals surface area contributed by atoms with Gasteiger partial charge in [0.15, 0.2) is 0 Å². The third-order valence-electron chi connectivity index (χ3n) is 2.31. The first-order chi connectivity index (χ1) is 8.10. The molecule has 0 aromatic heterocycles. The highest BCUT2D eigenvalue weighted by Gasteiger charge is 2.21. The zero-order valence-corrected chi connectivity index (χ0v) is 10.6. The predicted octanol–water partition coefficient (Wildman–Crippen LogP) is 2.31. The lowest BCUT2D eigenvalue weighted by Gasteiger charge is -2.03. The summed E-state index contributed by atoms with van der Waals surface area (Å²) in [6, 6.07) is 5.22. The van der Waals surface area contributed by atoms with E-state index in [9.17, 15) is 9.59 Å². The predicted molar refractivity (Wildman–Crippen MR) is 64.4 cm³/mol. The Hall–Kier alpha value is -1.62. The molecule has 0 atom stereocenters. The molecule has 0 amide bonds. The maximum absolute atomic E-state index is 11.5. The van der Waals surface area contributed by atoms with Crippen molar-refractivity contribution in [2.75, 3.05) is 7.11 Å². The third-order valence-corrected chi connectivity index (χ3v) is 2.80. The summed E-state index contributed by atoms with van der Waals surface area (Å²) in [5.41, 5.74) is 0.958. The standard InChI is InChI=1S/C12H9BrO4/c1-16-12(15)8-4-7-5-9(13)2-3-10(7)17-11(14)6-8/h2-5H,6H2,1H3. The molecule has 0 spiro atoms. The quantitative estimate of drug-likeness (QED) is 0.589. The Bertz CT molecular complexity index is 519. The molecule has 0 saturated carbocycles. The summed E-state index contributed by atoms with van der Waals surface area (Å²) in [5, 5.41) is 0. The molecular formula is C12H9BrO4. The molecule has 0 N–H and O–H groups in total. The number of carbonyl (C=O) groups excluding carboxylic acids is 2. The number of hydrogen-bond donors (Lipinski definition) is 0. The van der Waals surface area contributed by atoms with Crippen molar-refractivity contribution in [3.8, 4) is 5.75 Å². The molecule has 1 aliphatic rings. The fourth-order valence-electron chi connectivity index (χ4n) is 1.54. The number of carbonyl (C=O) groups is 2. The van der Waals surface area contributed by atoms with Crippen LogP contribution in [0.3, 0.4) is 0 Å². The van der Waals surface area contributed by atoms with Gasteiger partial charge in [0.2, 0.25) is 0 Å². The Balaban J connectivity index is 2.50. The molecule has 88 valence electrons. The van der Waals surface area contributed by atoms with Gasteiger partial charge in [0.25, 0.3) is 0 Å². The van der Waals surface area contributed by atoms with E-state index in [0.717, 1.165) is 4.47 Å². The molecule has 1 aromatic carbocycles. The Morgan fingerprint density at radius 2 is 2.24 bits per heavy atom. The van der Waals surface area contributed by atoms with Crippen molar-refractivity contribution in [3.63, 3.8) is 0 Å². The molecule has 0 aliphatic carbocycles. The fourth-order valence-corrected chi connectivity index (χ4v) is 1.92. The lowest BCUT2D eigenvalue weighted by Crippen LogP contribution is -2.12. The molecule has 4 nitrogen and oxygen atoms in total. The van der Waals surface area contributed by atoms with Gasteiger partial charge in [-0.25, -0.2) is 4.79 Å². The summed E-state index contributed by atoms with van der Waals surface area (Å²) in [4.78, 5) is 22.9. The maximum atomic E-state index is 11.5. The Morgan fingerprint density at radius 1 is 1.47 bits per heavy atom. The summed E-state index contributed by atoms with van der Waals surface area (Å²) in [6.45, 7) is 0. The Morgan fingerprint density at radius 3 is 2.94 bits per heavy atom. The van der Waals surface area contributed by atoms with Gasteiger partial charge >= 0.3 is 11.9 Å². The SMILES string of the molecule is COC(=O)C1=Cc2cc(Br)ccc2OC(=O)C1. The first-order valence-electron chi connectivity index (χ1n) is 4.89. The molecule has 1 heterocycles. The molecule has 0 fully saturated rings. The molecule has 5 heteroatoms. The molecule has 2 rings (SSSR count). The first-order valence-corrected chi connectivity index (χ1v) is 5.68. The normalized spacial score (nSPS) is 14.2. The number of benzene rings is 1. The van der Waals surface area contributed by atoms with Crippen molar-refractivity contribution in [1.29, 1.82) is 0 Å². The number of esters is 2. The molecule has 0 bridgehead atoms. The lowest BCUT2D eigenvalue weighted by atomic mass is 10.1. The van der Waals surface area contributed by atoms with Gasteiger partial charge in [0.05, 0.1) is 13.5 Å². The van der Waals surface area contributed by atoms with Gasteiger partial charge in [-0.3, -0.25) is 4.79 Å². The summed E-state index contributed by atoms with van der Waals surface area (Å²) in [7, 11) is 1.28. The summed E-state index contributed by atoms with van der Waals surface area (Å²) < 4.78 is 10.6. The molecule has 0 saturated heterocycles. The van der Waals surface area contributed by atoms with Crippen LogP contribution in [-0.4, -0.2) is 19.0 Å². The number of halogens is 1. The van der Waals surface area contributed by atoms with Gasteiger partial charge in [-0.05, 0) is 24.3 Å². The van der Waals surface area contributed by atoms with E-state index in [2.05, 4.69) is 20.7 Å². The van der Waals surface area contributed by atoms with Crippen LogP contribution in [0.1, 0.15) is 12.0 Å². The highest BCUT2D eigenvalue weighted by Crippen LogP contribution is 2.29. The first kappa shape index (κ1) is 11.9. The number of hydrogen-bond acceptors (Lipinski definition) is 4. The second-order valence-electron chi connectivity index (χ2n) is 3.49. The average Bonchev–Trinajstić information content (AvgIpc) is 2.46. The van der Waals surface area contributed by atoms with E-state index < -0.39 is 11.9 Å².